The van der Waals surface area contributed by atoms with Gasteiger partial charge in [-0.25, -0.2) is 0 Å². The van der Waals surface area contributed by atoms with E-state index in [9.17, 15) is 0 Å². The minimum atomic E-state index is 0.184. The van der Waals surface area contributed by atoms with E-state index >= 15 is 0 Å². The van der Waals surface area contributed by atoms with Crippen LogP contribution in [-0.2, 0) is 6.54 Å². The molecule has 2 rings (SSSR count). The van der Waals surface area contributed by atoms with Crippen molar-refractivity contribution in [1.82, 2.24) is 15.0 Å². The molecule has 0 radical (unpaired) electrons. The van der Waals surface area contributed by atoms with Gasteiger partial charge >= 0.3 is 0 Å². The van der Waals surface area contributed by atoms with E-state index in [-0.39, 0.29) is 6.61 Å². The fourth-order valence-electron chi connectivity index (χ4n) is 2.00. The Morgan fingerprint density at radius 2 is 2.00 bits per heavy atom. The molecule has 0 amide bonds. The SMILES string of the molecule is CC(C)N(CCCO)Cc1nc(-c2ccc(Cl)cc2)no1. The predicted molar refractivity (Wildman–Crippen MR) is 82.0 cm³/mol. The minimum absolute atomic E-state index is 0.184. The van der Waals surface area contributed by atoms with Crippen molar-refractivity contribution in [1.29, 1.82) is 0 Å². The molecule has 0 aliphatic rings. The Morgan fingerprint density at radius 3 is 2.62 bits per heavy atom. The molecule has 2 aromatic rings. The molecule has 0 spiro atoms. The summed E-state index contributed by atoms with van der Waals surface area (Å²) in [6.45, 7) is 5.77. The molecule has 114 valence electrons. The van der Waals surface area contributed by atoms with Gasteiger partial charge in [-0.3, -0.25) is 4.90 Å². The van der Waals surface area contributed by atoms with E-state index in [0.717, 1.165) is 18.5 Å². The molecule has 0 bridgehead atoms. The third-order valence-electron chi connectivity index (χ3n) is 3.24. The molecule has 0 saturated carbocycles. The Bertz CT molecular complexity index is 554. The highest BCUT2D eigenvalue weighted by Crippen LogP contribution is 2.19. The maximum absolute atomic E-state index is 8.95. The van der Waals surface area contributed by atoms with Gasteiger partial charge in [-0.2, -0.15) is 4.98 Å². The van der Waals surface area contributed by atoms with Gasteiger partial charge in [-0.05, 0) is 44.5 Å². The monoisotopic (exact) mass is 309 g/mol. The van der Waals surface area contributed by atoms with Crippen LogP contribution in [0.1, 0.15) is 26.2 Å². The van der Waals surface area contributed by atoms with E-state index in [1.165, 1.54) is 0 Å². The zero-order valence-corrected chi connectivity index (χ0v) is 13.0. The Kier molecular flexibility index (Phi) is 5.73. The Labute approximate surface area is 129 Å². The Balaban J connectivity index is 2.06. The molecule has 0 aliphatic carbocycles. The number of aliphatic hydroxyl groups excluding tert-OH is 1. The number of hydrogen-bond acceptors (Lipinski definition) is 5. The second kappa shape index (κ2) is 7.54. The summed E-state index contributed by atoms with van der Waals surface area (Å²) < 4.78 is 5.31. The standard InChI is InChI=1S/C15H20ClN3O2/c1-11(2)19(8-3-9-20)10-14-17-15(18-21-14)12-4-6-13(16)7-5-12/h4-7,11,20H,3,8-10H2,1-2H3. The highest BCUT2D eigenvalue weighted by molar-refractivity contribution is 6.30. The van der Waals surface area contributed by atoms with E-state index in [0.29, 0.717) is 29.3 Å². The van der Waals surface area contributed by atoms with Gasteiger partial charge in [0.15, 0.2) is 0 Å². The number of nitrogens with zero attached hydrogens (tertiary/aromatic N) is 3. The number of hydrogen-bond donors (Lipinski definition) is 1. The second-order valence-electron chi connectivity index (χ2n) is 5.16. The van der Waals surface area contributed by atoms with E-state index in [4.69, 9.17) is 21.2 Å². The van der Waals surface area contributed by atoms with E-state index in [1.54, 1.807) is 12.1 Å². The summed E-state index contributed by atoms with van der Waals surface area (Å²) in [5.41, 5.74) is 0.876. The maximum atomic E-state index is 8.95. The second-order valence-corrected chi connectivity index (χ2v) is 5.60. The van der Waals surface area contributed by atoms with Crippen LogP contribution in [0.25, 0.3) is 11.4 Å². The lowest BCUT2D eigenvalue weighted by molar-refractivity contribution is 0.165. The van der Waals surface area contributed by atoms with Crippen molar-refractivity contribution in [2.75, 3.05) is 13.2 Å². The zero-order valence-electron chi connectivity index (χ0n) is 12.3. The van der Waals surface area contributed by atoms with Crippen molar-refractivity contribution < 1.29 is 9.63 Å². The van der Waals surface area contributed by atoms with Crippen molar-refractivity contribution >= 4 is 11.6 Å². The molecule has 1 heterocycles. The number of rotatable bonds is 7. The van der Waals surface area contributed by atoms with Crippen molar-refractivity contribution in [2.45, 2.75) is 32.9 Å². The third kappa shape index (κ3) is 4.52. The lowest BCUT2D eigenvalue weighted by Gasteiger charge is -2.24. The number of aromatic nitrogens is 2. The average Bonchev–Trinajstić information content (AvgIpc) is 2.92. The smallest absolute Gasteiger partial charge is 0.241 e. The predicted octanol–water partition coefficient (Wildman–Crippen LogP) is 2.98. The van der Waals surface area contributed by atoms with Crippen LogP contribution in [-0.4, -0.2) is 39.3 Å². The van der Waals surface area contributed by atoms with E-state index in [1.807, 2.05) is 12.1 Å². The third-order valence-corrected chi connectivity index (χ3v) is 3.49. The van der Waals surface area contributed by atoms with Crippen LogP contribution >= 0.6 is 11.6 Å². The number of halogens is 1. The summed E-state index contributed by atoms with van der Waals surface area (Å²) >= 11 is 5.87. The van der Waals surface area contributed by atoms with Gasteiger partial charge in [0.1, 0.15) is 0 Å². The highest BCUT2D eigenvalue weighted by atomic mass is 35.5. The summed E-state index contributed by atoms with van der Waals surface area (Å²) in [6, 6.07) is 7.68. The minimum Gasteiger partial charge on any atom is -0.396 e. The fraction of sp³-hybridized carbons (Fsp3) is 0.467. The largest absolute Gasteiger partial charge is 0.396 e. The van der Waals surface area contributed by atoms with Gasteiger partial charge in [0, 0.05) is 29.8 Å². The van der Waals surface area contributed by atoms with Gasteiger partial charge in [-0.15, -0.1) is 0 Å². The summed E-state index contributed by atoms with van der Waals surface area (Å²) in [6.07, 6.45) is 0.732. The lowest BCUT2D eigenvalue weighted by Crippen LogP contribution is -2.31. The highest BCUT2D eigenvalue weighted by Gasteiger charge is 2.15. The first-order valence-electron chi connectivity index (χ1n) is 7.03. The van der Waals surface area contributed by atoms with E-state index < -0.39 is 0 Å². The summed E-state index contributed by atoms with van der Waals surface area (Å²) in [7, 11) is 0. The first-order chi connectivity index (χ1) is 10.1. The first-order valence-corrected chi connectivity index (χ1v) is 7.41. The molecule has 0 saturated heterocycles. The van der Waals surface area contributed by atoms with Crippen molar-refractivity contribution in [3.05, 3.63) is 35.2 Å². The van der Waals surface area contributed by atoms with E-state index in [2.05, 4.69) is 28.9 Å². The molecule has 0 unspecified atom stereocenters. The summed E-state index contributed by atoms with van der Waals surface area (Å²) in [4.78, 5) is 6.61. The van der Waals surface area contributed by atoms with Crippen molar-refractivity contribution in [2.24, 2.45) is 0 Å². The average molecular weight is 310 g/mol. The molecule has 0 atom stereocenters. The van der Waals surface area contributed by atoms with Crippen LogP contribution in [0.4, 0.5) is 0 Å². The summed E-state index contributed by atoms with van der Waals surface area (Å²) in [5, 5.41) is 13.6. The van der Waals surface area contributed by atoms with Crippen LogP contribution in [0.5, 0.6) is 0 Å². The maximum Gasteiger partial charge on any atom is 0.241 e. The van der Waals surface area contributed by atoms with Crippen LogP contribution in [0.15, 0.2) is 28.8 Å². The molecule has 6 heteroatoms. The molecule has 1 N–H and O–H groups in total. The fourth-order valence-corrected chi connectivity index (χ4v) is 2.13. The van der Waals surface area contributed by atoms with Gasteiger partial charge in [0.2, 0.25) is 11.7 Å². The zero-order chi connectivity index (χ0) is 15.2. The molecule has 5 nitrogen and oxygen atoms in total. The van der Waals surface area contributed by atoms with Crippen LogP contribution < -0.4 is 0 Å². The van der Waals surface area contributed by atoms with Gasteiger partial charge in [0.25, 0.3) is 0 Å². The van der Waals surface area contributed by atoms with Crippen LogP contribution in [0.2, 0.25) is 5.02 Å². The molecular weight excluding hydrogens is 290 g/mol. The van der Waals surface area contributed by atoms with Crippen molar-refractivity contribution in [3.63, 3.8) is 0 Å². The van der Waals surface area contributed by atoms with Crippen LogP contribution in [0, 0.1) is 0 Å². The first kappa shape index (κ1) is 15.9. The quantitative estimate of drug-likeness (QED) is 0.852. The molecule has 0 aliphatic heterocycles. The number of aliphatic hydroxyl groups is 1. The molecule has 1 aromatic heterocycles. The Hall–Kier alpha value is -1.43. The van der Waals surface area contributed by atoms with Gasteiger partial charge in [-0.1, -0.05) is 16.8 Å². The molecule has 21 heavy (non-hydrogen) atoms. The molecular formula is C15H20ClN3O2. The number of benzene rings is 1. The van der Waals surface area contributed by atoms with Crippen molar-refractivity contribution in [3.8, 4) is 11.4 Å². The molecule has 0 fully saturated rings. The summed E-state index contributed by atoms with van der Waals surface area (Å²) in [5.74, 6) is 1.14. The Morgan fingerprint density at radius 1 is 1.29 bits per heavy atom. The van der Waals surface area contributed by atoms with Gasteiger partial charge in [0.05, 0.1) is 6.54 Å². The van der Waals surface area contributed by atoms with Gasteiger partial charge < -0.3 is 9.63 Å². The van der Waals surface area contributed by atoms with Crippen LogP contribution in [0.3, 0.4) is 0 Å². The lowest BCUT2D eigenvalue weighted by atomic mass is 10.2. The topological polar surface area (TPSA) is 62.4 Å². The molecule has 1 aromatic carbocycles. The normalized spacial score (nSPS) is 11.5.